The Morgan fingerprint density at radius 1 is 1.50 bits per heavy atom. The minimum Gasteiger partial charge on any atom is -0.481 e. The number of carboxylic acids is 1. The number of anilines is 1. The van der Waals surface area contributed by atoms with Gasteiger partial charge in [0, 0.05) is 18.7 Å². The standard InChI is InChI=1S/C12H17N3O3/c1-2-15-7-10(6-13-15)14-11(16)8-3-4-9(5-8)12(17)18/h6-9H,2-5H2,1H3,(H,14,16)(H,17,18). The van der Waals surface area contributed by atoms with E-state index in [-0.39, 0.29) is 17.7 Å². The fraction of sp³-hybridized carbons (Fsp3) is 0.583. The monoisotopic (exact) mass is 251 g/mol. The SMILES string of the molecule is CCn1cc(NC(=O)C2CCC(C(=O)O)C2)cn1. The summed E-state index contributed by atoms with van der Waals surface area (Å²) in [6.45, 7) is 2.72. The fourth-order valence-electron chi connectivity index (χ4n) is 2.29. The van der Waals surface area contributed by atoms with E-state index in [2.05, 4.69) is 10.4 Å². The second-order valence-electron chi connectivity index (χ2n) is 4.62. The molecule has 1 aliphatic carbocycles. The van der Waals surface area contributed by atoms with E-state index >= 15 is 0 Å². The molecule has 1 saturated carbocycles. The molecule has 1 fully saturated rings. The van der Waals surface area contributed by atoms with Gasteiger partial charge in [0.15, 0.2) is 0 Å². The van der Waals surface area contributed by atoms with E-state index in [1.54, 1.807) is 17.1 Å². The first-order chi connectivity index (χ1) is 8.60. The van der Waals surface area contributed by atoms with Gasteiger partial charge in [-0.3, -0.25) is 14.3 Å². The van der Waals surface area contributed by atoms with E-state index < -0.39 is 5.97 Å². The molecule has 2 atom stereocenters. The highest BCUT2D eigenvalue weighted by Gasteiger charge is 2.33. The molecule has 1 amide bonds. The largest absolute Gasteiger partial charge is 0.481 e. The number of carboxylic acid groups (broad SMARTS) is 1. The molecule has 0 saturated heterocycles. The first kappa shape index (κ1) is 12.6. The molecule has 98 valence electrons. The van der Waals surface area contributed by atoms with Crippen LogP contribution in [0.15, 0.2) is 12.4 Å². The van der Waals surface area contributed by atoms with Gasteiger partial charge in [-0.25, -0.2) is 0 Å². The van der Waals surface area contributed by atoms with Gasteiger partial charge in [0.05, 0.1) is 17.8 Å². The maximum Gasteiger partial charge on any atom is 0.306 e. The molecule has 0 radical (unpaired) electrons. The molecule has 0 bridgehead atoms. The highest BCUT2D eigenvalue weighted by molar-refractivity contribution is 5.93. The Hall–Kier alpha value is -1.85. The number of carbonyl (C=O) groups is 2. The number of hydrogen-bond donors (Lipinski definition) is 2. The lowest BCUT2D eigenvalue weighted by Gasteiger charge is -2.08. The van der Waals surface area contributed by atoms with Crippen molar-refractivity contribution < 1.29 is 14.7 Å². The number of aromatic nitrogens is 2. The number of carbonyl (C=O) groups excluding carboxylic acids is 1. The Balaban J connectivity index is 1.91. The molecule has 6 heteroatoms. The number of nitrogens with zero attached hydrogens (tertiary/aromatic N) is 2. The summed E-state index contributed by atoms with van der Waals surface area (Å²) in [5, 5.41) is 15.7. The van der Waals surface area contributed by atoms with Crippen LogP contribution in [0.5, 0.6) is 0 Å². The van der Waals surface area contributed by atoms with Crippen molar-refractivity contribution in [3.8, 4) is 0 Å². The van der Waals surface area contributed by atoms with Crippen LogP contribution in [0.1, 0.15) is 26.2 Å². The van der Waals surface area contributed by atoms with E-state index in [9.17, 15) is 9.59 Å². The zero-order valence-electron chi connectivity index (χ0n) is 10.3. The molecule has 2 unspecified atom stereocenters. The lowest BCUT2D eigenvalue weighted by atomic mass is 10.0. The first-order valence-corrected chi connectivity index (χ1v) is 6.16. The van der Waals surface area contributed by atoms with Crippen molar-refractivity contribution in [3.63, 3.8) is 0 Å². The van der Waals surface area contributed by atoms with Crippen LogP contribution in [0.25, 0.3) is 0 Å². The van der Waals surface area contributed by atoms with Crippen molar-refractivity contribution in [1.82, 2.24) is 9.78 Å². The molecule has 2 N–H and O–H groups in total. The van der Waals surface area contributed by atoms with Crippen molar-refractivity contribution in [2.75, 3.05) is 5.32 Å². The smallest absolute Gasteiger partial charge is 0.306 e. The van der Waals surface area contributed by atoms with Crippen molar-refractivity contribution in [2.45, 2.75) is 32.7 Å². The van der Waals surface area contributed by atoms with Gasteiger partial charge in [0.25, 0.3) is 0 Å². The minimum absolute atomic E-state index is 0.102. The molecular weight excluding hydrogens is 234 g/mol. The summed E-state index contributed by atoms with van der Waals surface area (Å²) >= 11 is 0. The summed E-state index contributed by atoms with van der Waals surface area (Å²) < 4.78 is 1.73. The predicted octanol–water partition coefficient (Wildman–Crippen LogP) is 1.34. The molecule has 1 aromatic rings. The van der Waals surface area contributed by atoms with Crippen LogP contribution in [0, 0.1) is 11.8 Å². The normalized spacial score (nSPS) is 22.9. The predicted molar refractivity (Wildman–Crippen MR) is 65.0 cm³/mol. The third-order valence-corrected chi connectivity index (χ3v) is 3.38. The van der Waals surface area contributed by atoms with E-state index in [0.29, 0.717) is 24.9 Å². The minimum atomic E-state index is -0.802. The molecule has 18 heavy (non-hydrogen) atoms. The third kappa shape index (κ3) is 2.69. The van der Waals surface area contributed by atoms with Crippen molar-refractivity contribution in [3.05, 3.63) is 12.4 Å². The number of amides is 1. The van der Waals surface area contributed by atoms with Crippen molar-refractivity contribution in [2.24, 2.45) is 11.8 Å². The Morgan fingerprint density at radius 3 is 2.78 bits per heavy atom. The van der Waals surface area contributed by atoms with Gasteiger partial charge in [-0.05, 0) is 26.2 Å². The van der Waals surface area contributed by atoms with Gasteiger partial charge >= 0.3 is 5.97 Å². The summed E-state index contributed by atoms with van der Waals surface area (Å²) in [6.07, 6.45) is 5.03. The molecule has 1 aliphatic rings. The quantitative estimate of drug-likeness (QED) is 0.845. The first-order valence-electron chi connectivity index (χ1n) is 6.16. The Labute approximate surface area is 105 Å². The van der Waals surface area contributed by atoms with Gasteiger partial charge in [0.1, 0.15) is 0 Å². The van der Waals surface area contributed by atoms with Gasteiger partial charge in [0.2, 0.25) is 5.91 Å². The fourth-order valence-corrected chi connectivity index (χ4v) is 2.29. The number of rotatable bonds is 4. The van der Waals surface area contributed by atoms with Crippen LogP contribution >= 0.6 is 0 Å². The van der Waals surface area contributed by atoms with E-state index in [1.807, 2.05) is 6.92 Å². The molecule has 6 nitrogen and oxygen atoms in total. The lowest BCUT2D eigenvalue weighted by molar-refractivity contribution is -0.141. The summed E-state index contributed by atoms with van der Waals surface area (Å²) in [6, 6.07) is 0. The number of hydrogen-bond acceptors (Lipinski definition) is 3. The zero-order chi connectivity index (χ0) is 13.1. The average molecular weight is 251 g/mol. The average Bonchev–Trinajstić information content (AvgIpc) is 2.97. The maximum atomic E-state index is 11.9. The molecule has 1 aromatic heterocycles. The van der Waals surface area contributed by atoms with Gasteiger partial charge in [-0.15, -0.1) is 0 Å². The van der Waals surface area contributed by atoms with Crippen LogP contribution in [-0.4, -0.2) is 26.8 Å². The number of nitrogens with one attached hydrogen (secondary N) is 1. The van der Waals surface area contributed by atoms with E-state index in [4.69, 9.17) is 5.11 Å². The molecule has 2 rings (SSSR count). The van der Waals surface area contributed by atoms with Crippen molar-refractivity contribution >= 4 is 17.6 Å². The van der Waals surface area contributed by atoms with Crippen LogP contribution in [0.2, 0.25) is 0 Å². The van der Waals surface area contributed by atoms with Crippen LogP contribution in [-0.2, 0) is 16.1 Å². The van der Waals surface area contributed by atoms with Crippen LogP contribution in [0.4, 0.5) is 5.69 Å². The Bertz CT molecular complexity index is 455. The summed E-state index contributed by atoms with van der Waals surface area (Å²) in [5.41, 5.74) is 0.667. The zero-order valence-corrected chi connectivity index (χ0v) is 10.3. The molecular formula is C12H17N3O3. The number of aliphatic carboxylic acids is 1. The molecule has 0 aromatic carbocycles. The Morgan fingerprint density at radius 2 is 2.22 bits per heavy atom. The van der Waals surface area contributed by atoms with Gasteiger partial charge in [-0.1, -0.05) is 0 Å². The summed E-state index contributed by atoms with van der Waals surface area (Å²) in [5.74, 6) is -1.48. The highest BCUT2D eigenvalue weighted by atomic mass is 16.4. The van der Waals surface area contributed by atoms with Gasteiger partial charge < -0.3 is 10.4 Å². The van der Waals surface area contributed by atoms with Crippen molar-refractivity contribution in [1.29, 1.82) is 0 Å². The van der Waals surface area contributed by atoms with E-state index in [0.717, 1.165) is 6.54 Å². The van der Waals surface area contributed by atoms with Crippen LogP contribution < -0.4 is 5.32 Å². The molecule has 1 heterocycles. The molecule has 0 spiro atoms. The highest BCUT2D eigenvalue weighted by Crippen LogP contribution is 2.31. The second kappa shape index (κ2) is 5.20. The molecule has 0 aliphatic heterocycles. The lowest BCUT2D eigenvalue weighted by Crippen LogP contribution is -2.21. The summed E-state index contributed by atoms with van der Waals surface area (Å²) in [4.78, 5) is 22.8. The Kier molecular flexibility index (Phi) is 3.64. The maximum absolute atomic E-state index is 11.9. The third-order valence-electron chi connectivity index (χ3n) is 3.38. The number of aryl methyl sites for hydroxylation is 1. The second-order valence-corrected chi connectivity index (χ2v) is 4.62. The van der Waals surface area contributed by atoms with Crippen LogP contribution in [0.3, 0.4) is 0 Å². The van der Waals surface area contributed by atoms with Gasteiger partial charge in [-0.2, -0.15) is 5.10 Å². The topological polar surface area (TPSA) is 84.2 Å². The summed E-state index contributed by atoms with van der Waals surface area (Å²) in [7, 11) is 0. The van der Waals surface area contributed by atoms with E-state index in [1.165, 1.54) is 0 Å².